The van der Waals surface area contributed by atoms with Crippen LogP contribution in [0.3, 0.4) is 0 Å². The van der Waals surface area contributed by atoms with Gasteiger partial charge in [0.1, 0.15) is 10.7 Å². The van der Waals surface area contributed by atoms with Crippen molar-refractivity contribution < 1.29 is 4.79 Å². The third-order valence-corrected chi connectivity index (χ3v) is 5.54. The monoisotopic (exact) mass is 363 g/mol. The molecule has 1 amide bonds. The summed E-state index contributed by atoms with van der Waals surface area (Å²) in [5.74, 6) is 0.0443. The molecule has 1 fully saturated rings. The Morgan fingerprint density at radius 3 is 2.27 bits per heavy atom. The lowest BCUT2D eigenvalue weighted by Crippen LogP contribution is -2.48. The molecule has 132 valence electrons. The highest BCUT2D eigenvalue weighted by atomic mass is 32.1. The second kappa shape index (κ2) is 7.81. The Kier molecular flexibility index (Phi) is 5.09. The SMILES string of the molecule is O=C(c1csc(-c2ccccc2)n1)N1CCN(Cc2ccccc2)CC1. The van der Waals surface area contributed by atoms with Crippen molar-refractivity contribution in [2.45, 2.75) is 6.54 Å². The molecular weight excluding hydrogens is 342 g/mol. The largest absolute Gasteiger partial charge is 0.335 e. The Hall–Kier alpha value is -2.50. The van der Waals surface area contributed by atoms with Crippen LogP contribution in [0.15, 0.2) is 66.0 Å². The fourth-order valence-electron chi connectivity index (χ4n) is 3.20. The van der Waals surface area contributed by atoms with Crippen LogP contribution in [0, 0.1) is 0 Å². The Labute approximate surface area is 157 Å². The minimum atomic E-state index is 0.0443. The van der Waals surface area contributed by atoms with Gasteiger partial charge in [-0.15, -0.1) is 11.3 Å². The molecule has 1 aliphatic rings. The Morgan fingerprint density at radius 1 is 0.923 bits per heavy atom. The quantitative estimate of drug-likeness (QED) is 0.708. The van der Waals surface area contributed by atoms with Crippen LogP contribution in [-0.2, 0) is 6.54 Å². The molecule has 4 rings (SSSR count). The molecule has 0 radical (unpaired) electrons. The highest BCUT2D eigenvalue weighted by Crippen LogP contribution is 2.24. The number of carbonyl (C=O) groups is 1. The third-order valence-electron chi connectivity index (χ3n) is 4.65. The van der Waals surface area contributed by atoms with Crippen LogP contribution in [0.4, 0.5) is 0 Å². The first kappa shape index (κ1) is 16.9. The number of aromatic nitrogens is 1. The van der Waals surface area contributed by atoms with Crippen molar-refractivity contribution in [1.82, 2.24) is 14.8 Å². The minimum absolute atomic E-state index is 0.0443. The fraction of sp³-hybridized carbons (Fsp3) is 0.238. The number of hydrogen-bond acceptors (Lipinski definition) is 4. The molecule has 4 nitrogen and oxygen atoms in total. The summed E-state index contributed by atoms with van der Waals surface area (Å²) >= 11 is 1.53. The van der Waals surface area contributed by atoms with Crippen LogP contribution in [0.5, 0.6) is 0 Å². The molecule has 0 saturated carbocycles. The van der Waals surface area contributed by atoms with Gasteiger partial charge in [0.25, 0.3) is 5.91 Å². The van der Waals surface area contributed by atoms with Crippen molar-refractivity contribution in [2.75, 3.05) is 26.2 Å². The topological polar surface area (TPSA) is 36.4 Å². The van der Waals surface area contributed by atoms with E-state index in [9.17, 15) is 4.79 Å². The van der Waals surface area contributed by atoms with Gasteiger partial charge in [-0.05, 0) is 5.56 Å². The molecule has 5 heteroatoms. The molecule has 1 saturated heterocycles. The van der Waals surface area contributed by atoms with E-state index in [1.54, 1.807) is 0 Å². The van der Waals surface area contributed by atoms with Gasteiger partial charge in [-0.1, -0.05) is 60.7 Å². The number of benzene rings is 2. The van der Waals surface area contributed by atoms with Crippen LogP contribution >= 0.6 is 11.3 Å². The smallest absolute Gasteiger partial charge is 0.273 e. The first-order valence-corrected chi connectivity index (χ1v) is 9.74. The van der Waals surface area contributed by atoms with Crippen LogP contribution in [-0.4, -0.2) is 46.9 Å². The molecule has 26 heavy (non-hydrogen) atoms. The van der Waals surface area contributed by atoms with Gasteiger partial charge in [0.15, 0.2) is 0 Å². The summed E-state index contributed by atoms with van der Waals surface area (Å²) in [6.07, 6.45) is 0. The number of carbonyl (C=O) groups excluding carboxylic acids is 1. The lowest BCUT2D eigenvalue weighted by atomic mass is 10.2. The minimum Gasteiger partial charge on any atom is -0.335 e. The van der Waals surface area contributed by atoms with Crippen molar-refractivity contribution in [3.8, 4) is 10.6 Å². The van der Waals surface area contributed by atoms with Crippen molar-refractivity contribution in [3.05, 3.63) is 77.3 Å². The van der Waals surface area contributed by atoms with E-state index in [1.165, 1.54) is 16.9 Å². The van der Waals surface area contributed by atoms with Crippen LogP contribution < -0.4 is 0 Å². The zero-order valence-electron chi connectivity index (χ0n) is 14.5. The van der Waals surface area contributed by atoms with Gasteiger partial charge in [0.05, 0.1) is 0 Å². The summed E-state index contributed by atoms with van der Waals surface area (Å²) in [6, 6.07) is 20.5. The summed E-state index contributed by atoms with van der Waals surface area (Å²) in [6.45, 7) is 4.25. The number of piperazine rings is 1. The van der Waals surface area contributed by atoms with E-state index in [4.69, 9.17) is 0 Å². The molecule has 2 aromatic carbocycles. The number of thiazole rings is 1. The summed E-state index contributed by atoms with van der Waals surface area (Å²) in [4.78, 5) is 21.6. The zero-order chi connectivity index (χ0) is 17.8. The van der Waals surface area contributed by atoms with Gasteiger partial charge in [-0.2, -0.15) is 0 Å². The molecule has 0 N–H and O–H groups in total. The predicted molar refractivity (Wildman–Crippen MR) is 105 cm³/mol. The van der Waals surface area contributed by atoms with Crippen molar-refractivity contribution in [2.24, 2.45) is 0 Å². The molecule has 2 heterocycles. The van der Waals surface area contributed by atoms with E-state index in [0.29, 0.717) is 5.69 Å². The van der Waals surface area contributed by atoms with Crippen LogP contribution in [0.2, 0.25) is 0 Å². The van der Waals surface area contributed by atoms with Crippen LogP contribution in [0.25, 0.3) is 10.6 Å². The fourth-order valence-corrected chi connectivity index (χ4v) is 4.00. The Morgan fingerprint density at radius 2 is 1.58 bits per heavy atom. The highest BCUT2D eigenvalue weighted by Gasteiger charge is 2.24. The average Bonchev–Trinajstić information content (AvgIpc) is 3.20. The van der Waals surface area contributed by atoms with E-state index >= 15 is 0 Å². The van der Waals surface area contributed by atoms with Gasteiger partial charge in [-0.25, -0.2) is 4.98 Å². The van der Waals surface area contributed by atoms with Crippen molar-refractivity contribution >= 4 is 17.2 Å². The second-order valence-corrected chi connectivity index (χ2v) is 7.32. The van der Waals surface area contributed by atoms with E-state index in [2.05, 4.69) is 34.1 Å². The number of hydrogen-bond donors (Lipinski definition) is 0. The Balaban J connectivity index is 1.36. The van der Waals surface area contributed by atoms with E-state index in [-0.39, 0.29) is 5.91 Å². The molecule has 0 atom stereocenters. The zero-order valence-corrected chi connectivity index (χ0v) is 15.4. The lowest BCUT2D eigenvalue weighted by Gasteiger charge is -2.34. The van der Waals surface area contributed by atoms with Gasteiger partial charge in [0.2, 0.25) is 0 Å². The first-order valence-electron chi connectivity index (χ1n) is 8.86. The molecule has 0 bridgehead atoms. The summed E-state index contributed by atoms with van der Waals surface area (Å²) in [5.41, 5.74) is 2.94. The summed E-state index contributed by atoms with van der Waals surface area (Å²) in [7, 11) is 0. The van der Waals surface area contributed by atoms with E-state index < -0.39 is 0 Å². The number of nitrogens with zero attached hydrogens (tertiary/aromatic N) is 3. The molecule has 3 aromatic rings. The van der Waals surface area contributed by atoms with Crippen LogP contribution in [0.1, 0.15) is 16.1 Å². The maximum absolute atomic E-state index is 12.8. The number of amides is 1. The van der Waals surface area contributed by atoms with Crippen molar-refractivity contribution in [1.29, 1.82) is 0 Å². The summed E-state index contributed by atoms with van der Waals surface area (Å²) in [5, 5.41) is 2.78. The highest BCUT2D eigenvalue weighted by molar-refractivity contribution is 7.13. The normalized spacial score (nSPS) is 15.2. The third kappa shape index (κ3) is 3.84. The predicted octanol–water partition coefficient (Wildman–Crippen LogP) is 3.77. The van der Waals surface area contributed by atoms with Gasteiger partial charge in [0, 0.05) is 43.7 Å². The van der Waals surface area contributed by atoms with E-state index in [0.717, 1.165) is 43.3 Å². The standard InChI is InChI=1S/C21H21N3OS/c25-21(19-16-26-20(22-19)18-9-5-2-6-10-18)24-13-11-23(12-14-24)15-17-7-3-1-4-8-17/h1-10,16H,11-15H2. The molecule has 1 aliphatic heterocycles. The Bertz CT molecular complexity index is 855. The average molecular weight is 363 g/mol. The maximum Gasteiger partial charge on any atom is 0.273 e. The maximum atomic E-state index is 12.8. The molecular formula is C21H21N3OS. The van der Waals surface area contributed by atoms with Crippen molar-refractivity contribution in [3.63, 3.8) is 0 Å². The molecule has 0 aliphatic carbocycles. The first-order chi connectivity index (χ1) is 12.8. The molecule has 0 unspecified atom stereocenters. The molecule has 0 spiro atoms. The number of rotatable bonds is 4. The van der Waals surface area contributed by atoms with E-state index in [1.807, 2.05) is 46.7 Å². The van der Waals surface area contributed by atoms with Gasteiger partial charge in [-0.3, -0.25) is 9.69 Å². The lowest BCUT2D eigenvalue weighted by molar-refractivity contribution is 0.0623. The molecule has 1 aromatic heterocycles. The van der Waals surface area contributed by atoms with Gasteiger partial charge < -0.3 is 4.90 Å². The second-order valence-electron chi connectivity index (χ2n) is 6.46. The summed E-state index contributed by atoms with van der Waals surface area (Å²) < 4.78 is 0. The van der Waals surface area contributed by atoms with Gasteiger partial charge >= 0.3 is 0 Å².